The van der Waals surface area contributed by atoms with Crippen LogP contribution >= 0.6 is 11.6 Å². The molecule has 7 nitrogen and oxygen atoms in total. The molecular weight excluding hydrogens is 292 g/mol. The van der Waals surface area contributed by atoms with Crippen LogP contribution in [0.4, 0.5) is 5.95 Å². The number of halogens is 1. The Morgan fingerprint density at radius 2 is 2.19 bits per heavy atom. The molecule has 1 atom stereocenters. The minimum absolute atomic E-state index is 0.149. The van der Waals surface area contributed by atoms with Crippen LogP contribution in [0.2, 0.25) is 5.28 Å². The zero-order valence-electron chi connectivity index (χ0n) is 12.4. The summed E-state index contributed by atoms with van der Waals surface area (Å²) in [7, 11) is 1.67. The van der Waals surface area contributed by atoms with E-state index in [2.05, 4.69) is 38.8 Å². The third-order valence-electron chi connectivity index (χ3n) is 3.21. The quantitative estimate of drug-likeness (QED) is 0.778. The third-order valence-corrected chi connectivity index (χ3v) is 3.38. The average Bonchev–Trinajstić information content (AvgIpc) is 3.01. The highest BCUT2D eigenvalue weighted by Gasteiger charge is 2.18. The summed E-state index contributed by atoms with van der Waals surface area (Å²) in [4.78, 5) is 14.9. The maximum absolute atomic E-state index is 6.03. The largest absolute Gasteiger partial charge is 0.383 e. The van der Waals surface area contributed by atoms with Crippen LogP contribution in [0.3, 0.4) is 0 Å². The number of rotatable bonds is 7. The predicted octanol–water partition coefficient (Wildman–Crippen LogP) is 1.96. The van der Waals surface area contributed by atoms with Gasteiger partial charge in [0.1, 0.15) is 0 Å². The van der Waals surface area contributed by atoms with Gasteiger partial charge in [-0.15, -0.1) is 0 Å². The molecule has 2 rings (SSSR count). The van der Waals surface area contributed by atoms with E-state index in [1.54, 1.807) is 30.3 Å². The van der Waals surface area contributed by atoms with E-state index in [9.17, 15) is 0 Å². The Balaban J connectivity index is 2.35. The maximum Gasteiger partial charge on any atom is 0.256 e. The molecule has 114 valence electrons. The van der Waals surface area contributed by atoms with Gasteiger partial charge >= 0.3 is 0 Å². The molecule has 0 N–H and O–H groups in total. The van der Waals surface area contributed by atoms with E-state index in [4.69, 9.17) is 16.3 Å². The lowest BCUT2D eigenvalue weighted by Gasteiger charge is -2.28. The Hall–Kier alpha value is -1.73. The van der Waals surface area contributed by atoms with Crippen molar-refractivity contribution in [3.8, 4) is 5.95 Å². The normalized spacial score (nSPS) is 12.4. The fourth-order valence-corrected chi connectivity index (χ4v) is 2.03. The molecule has 0 spiro atoms. The summed E-state index contributed by atoms with van der Waals surface area (Å²) in [6, 6.07) is 2.07. The van der Waals surface area contributed by atoms with Crippen LogP contribution in [0.15, 0.2) is 18.5 Å². The van der Waals surface area contributed by atoms with Crippen molar-refractivity contribution in [3.63, 3.8) is 0 Å². The SMILES string of the molecule is CCC(C)N(CCOC)c1nc(Cl)nc(-n2cccn2)n1. The monoisotopic (exact) mass is 310 g/mol. The van der Waals surface area contributed by atoms with Crippen LogP contribution in [-0.4, -0.2) is 51.0 Å². The molecule has 0 saturated heterocycles. The second kappa shape index (κ2) is 7.33. The molecule has 0 aromatic carbocycles. The van der Waals surface area contributed by atoms with Crippen molar-refractivity contribution in [2.45, 2.75) is 26.3 Å². The molecule has 0 amide bonds. The molecule has 0 aliphatic carbocycles. The van der Waals surface area contributed by atoms with E-state index in [0.717, 1.165) is 6.42 Å². The van der Waals surface area contributed by atoms with Gasteiger partial charge in [0.15, 0.2) is 0 Å². The van der Waals surface area contributed by atoms with Crippen molar-refractivity contribution in [1.29, 1.82) is 0 Å². The van der Waals surface area contributed by atoms with E-state index in [1.807, 2.05) is 0 Å². The van der Waals surface area contributed by atoms with Gasteiger partial charge in [-0.05, 0) is 31.0 Å². The predicted molar refractivity (Wildman–Crippen MR) is 80.9 cm³/mol. The molecule has 0 saturated carbocycles. The second-order valence-electron chi connectivity index (χ2n) is 4.60. The molecule has 2 aromatic heterocycles. The van der Waals surface area contributed by atoms with Gasteiger partial charge in [-0.2, -0.15) is 20.1 Å². The molecule has 1 unspecified atom stereocenters. The first-order chi connectivity index (χ1) is 10.2. The van der Waals surface area contributed by atoms with E-state index < -0.39 is 0 Å². The lowest BCUT2D eigenvalue weighted by Crippen LogP contribution is -2.37. The first-order valence-corrected chi connectivity index (χ1v) is 7.20. The zero-order chi connectivity index (χ0) is 15.2. The zero-order valence-corrected chi connectivity index (χ0v) is 13.2. The Bertz CT molecular complexity index is 562. The van der Waals surface area contributed by atoms with Crippen LogP contribution in [0.25, 0.3) is 5.95 Å². The molecule has 0 aliphatic heterocycles. The fraction of sp³-hybridized carbons (Fsp3) is 0.538. The van der Waals surface area contributed by atoms with Crippen LogP contribution < -0.4 is 4.90 Å². The Kier molecular flexibility index (Phi) is 5.46. The van der Waals surface area contributed by atoms with Crippen molar-refractivity contribution in [3.05, 3.63) is 23.7 Å². The lowest BCUT2D eigenvalue weighted by molar-refractivity contribution is 0.203. The number of anilines is 1. The highest BCUT2D eigenvalue weighted by atomic mass is 35.5. The van der Waals surface area contributed by atoms with E-state index in [-0.39, 0.29) is 11.3 Å². The van der Waals surface area contributed by atoms with E-state index in [0.29, 0.717) is 25.0 Å². The molecule has 8 heteroatoms. The van der Waals surface area contributed by atoms with Crippen molar-refractivity contribution in [1.82, 2.24) is 24.7 Å². The van der Waals surface area contributed by atoms with Crippen LogP contribution in [0.1, 0.15) is 20.3 Å². The van der Waals surface area contributed by atoms with Crippen molar-refractivity contribution in [2.24, 2.45) is 0 Å². The number of hydrogen-bond acceptors (Lipinski definition) is 6. The van der Waals surface area contributed by atoms with E-state index in [1.165, 1.54) is 0 Å². The van der Waals surface area contributed by atoms with Crippen LogP contribution in [0, 0.1) is 0 Å². The number of aromatic nitrogens is 5. The number of methoxy groups -OCH3 is 1. The van der Waals surface area contributed by atoms with Gasteiger partial charge in [0, 0.05) is 32.1 Å². The first-order valence-electron chi connectivity index (χ1n) is 6.82. The fourth-order valence-electron chi connectivity index (χ4n) is 1.88. The minimum Gasteiger partial charge on any atom is -0.383 e. The molecule has 0 radical (unpaired) electrons. The Labute approximate surface area is 128 Å². The minimum atomic E-state index is 0.149. The van der Waals surface area contributed by atoms with Gasteiger partial charge < -0.3 is 9.64 Å². The summed E-state index contributed by atoms with van der Waals surface area (Å²) in [5, 5.41) is 4.27. The summed E-state index contributed by atoms with van der Waals surface area (Å²) < 4.78 is 6.72. The van der Waals surface area contributed by atoms with Gasteiger partial charge in [-0.3, -0.25) is 0 Å². The number of nitrogens with zero attached hydrogens (tertiary/aromatic N) is 6. The third kappa shape index (κ3) is 3.89. The van der Waals surface area contributed by atoms with Gasteiger partial charge in [0.2, 0.25) is 11.2 Å². The van der Waals surface area contributed by atoms with Gasteiger partial charge in [0.05, 0.1) is 6.61 Å². The number of ether oxygens (including phenoxy) is 1. The van der Waals surface area contributed by atoms with Gasteiger partial charge in [-0.25, -0.2) is 4.68 Å². The molecule has 0 fully saturated rings. The Morgan fingerprint density at radius 1 is 1.38 bits per heavy atom. The summed E-state index contributed by atoms with van der Waals surface area (Å²) in [6.45, 7) is 5.50. The summed E-state index contributed by atoms with van der Waals surface area (Å²) >= 11 is 6.03. The Morgan fingerprint density at radius 3 is 2.81 bits per heavy atom. The second-order valence-corrected chi connectivity index (χ2v) is 4.94. The van der Waals surface area contributed by atoms with Crippen molar-refractivity contribution in [2.75, 3.05) is 25.2 Å². The summed E-state index contributed by atoms with van der Waals surface area (Å²) in [6.07, 6.45) is 4.39. The smallest absolute Gasteiger partial charge is 0.256 e. The first kappa shape index (κ1) is 15.7. The maximum atomic E-state index is 6.03. The topological polar surface area (TPSA) is 69.0 Å². The highest BCUT2D eigenvalue weighted by molar-refractivity contribution is 6.28. The summed E-state index contributed by atoms with van der Waals surface area (Å²) in [5.41, 5.74) is 0. The van der Waals surface area contributed by atoms with Crippen LogP contribution in [0.5, 0.6) is 0 Å². The molecular formula is C13H19ClN6O. The van der Waals surface area contributed by atoms with Gasteiger partial charge in [-0.1, -0.05) is 6.92 Å². The molecule has 21 heavy (non-hydrogen) atoms. The molecule has 2 heterocycles. The average molecular weight is 311 g/mol. The molecule has 2 aromatic rings. The van der Waals surface area contributed by atoms with Gasteiger partial charge in [0.25, 0.3) is 5.95 Å². The molecule has 0 aliphatic rings. The van der Waals surface area contributed by atoms with Crippen molar-refractivity contribution < 1.29 is 4.74 Å². The summed E-state index contributed by atoms with van der Waals surface area (Å²) in [5.74, 6) is 0.938. The highest BCUT2D eigenvalue weighted by Crippen LogP contribution is 2.17. The number of hydrogen-bond donors (Lipinski definition) is 0. The molecule has 0 bridgehead atoms. The van der Waals surface area contributed by atoms with Crippen LogP contribution in [-0.2, 0) is 4.74 Å². The van der Waals surface area contributed by atoms with Crippen molar-refractivity contribution >= 4 is 17.5 Å². The lowest BCUT2D eigenvalue weighted by atomic mass is 10.2. The van der Waals surface area contributed by atoms with E-state index >= 15 is 0 Å². The standard InChI is InChI=1S/C13H19ClN6O/c1-4-10(2)19(8-9-21-3)12-16-11(14)17-13(18-12)20-7-5-6-15-20/h5-7,10H,4,8-9H2,1-3H3.